The van der Waals surface area contributed by atoms with Crippen LogP contribution in [-0.2, 0) is 0 Å². The standard InChI is InChI=1S/C12H22N2OS/c1-5-11(13-4)7-6-8-16-12-14-9(2)10(3)15-12/h11,13H,5-8H2,1-4H3. The zero-order valence-electron chi connectivity index (χ0n) is 10.7. The lowest BCUT2D eigenvalue weighted by atomic mass is 10.1. The summed E-state index contributed by atoms with van der Waals surface area (Å²) in [6, 6.07) is 0.647. The van der Waals surface area contributed by atoms with Gasteiger partial charge in [0.1, 0.15) is 5.76 Å². The van der Waals surface area contributed by atoms with E-state index in [9.17, 15) is 0 Å². The van der Waals surface area contributed by atoms with Gasteiger partial charge in [-0.05, 0) is 40.2 Å². The Kier molecular flexibility index (Phi) is 5.91. The molecule has 0 fully saturated rings. The minimum absolute atomic E-state index is 0.647. The van der Waals surface area contributed by atoms with E-state index in [1.165, 1.54) is 19.3 Å². The third-order valence-corrected chi connectivity index (χ3v) is 3.75. The van der Waals surface area contributed by atoms with Crippen LogP contribution in [0.4, 0.5) is 0 Å². The number of hydrogen-bond acceptors (Lipinski definition) is 4. The molecular weight excluding hydrogens is 220 g/mol. The Balaban J connectivity index is 2.20. The summed E-state index contributed by atoms with van der Waals surface area (Å²) in [5.74, 6) is 2.02. The second kappa shape index (κ2) is 6.97. The summed E-state index contributed by atoms with van der Waals surface area (Å²) in [5, 5.41) is 4.13. The van der Waals surface area contributed by atoms with Gasteiger partial charge in [-0.1, -0.05) is 18.7 Å². The normalized spacial score (nSPS) is 13.0. The minimum Gasteiger partial charge on any atom is -0.437 e. The molecule has 0 aromatic carbocycles. The molecule has 1 aromatic heterocycles. The maximum Gasteiger partial charge on any atom is 0.256 e. The van der Waals surface area contributed by atoms with Crippen molar-refractivity contribution in [2.45, 2.75) is 51.3 Å². The van der Waals surface area contributed by atoms with Crippen LogP contribution in [-0.4, -0.2) is 23.8 Å². The van der Waals surface area contributed by atoms with E-state index in [2.05, 4.69) is 17.2 Å². The molecule has 0 aliphatic heterocycles. The molecule has 0 saturated carbocycles. The molecule has 0 radical (unpaired) electrons. The Morgan fingerprint density at radius 1 is 1.44 bits per heavy atom. The van der Waals surface area contributed by atoms with Gasteiger partial charge < -0.3 is 9.73 Å². The lowest BCUT2D eigenvalue weighted by Crippen LogP contribution is -2.23. The third kappa shape index (κ3) is 4.18. The number of aromatic nitrogens is 1. The fourth-order valence-corrected chi connectivity index (χ4v) is 2.42. The van der Waals surface area contributed by atoms with Gasteiger partial charge in [-0.25, -0.2) is 4.98 Å². The summed E-state index contributed by atoms with van der Waals surface area (Å²) in [5.41, 5.74) is 1.00. The maximum atomic E-state index is 5.51. The number of rotatable bonds is 7. The van der Waals surface area contributed by atoms with Crippen LogP contribution in [0.25, 0.3) is 0 Å². The van der Waals surface area contributed by atoms with E-state index in [0.29, 0.717) is 6.04 Å². The van der Waals surface area contributed by atoms with E-state index >= 15 is 0 Å². The van der Waals surface area contributed by atoms with Crippen molar-refractivity contribution in [3.63, 3.8) is 0 Å². The van der Waals surface area contributed by atoms with Crippen molar-refractivity contribution in [2.24, 2.45) is 0 Å². The highest BCUT2D eigenvalue weighted by Crippen LogP contribution is 2.21. The van der Waals surface area contributed by atoms with E-state index < -0.39 is 0 Å². The van der Waals surface area contributed by atoms with Gasteiger partial charge in [0, 0.05) is 11.8 Å². The Hall–Kier alpha value is -0.480. The molecule has 4 heteroatoms. The highest BCUT2D eigenvalue weighted by Gasteiger charge is 2.07. The van der Waals surface area contributed by atoms with Crippen LogP contribution in [0.2, 0.25) is 0 Å². The van der Waals surface area contributed by atoms with E-state index in [1.807, 2.05) is 20.9 Å². The predicted octanol–water partition coefficient (Wildman–Crippen LogP) is 3.16. The fourth-order valence-electron chi connectivity index (χ4n) is 1.55. The summed E-state index contributed by atoms with van der Waals surface area (Å²) < 4.78 is 5.51. The first kappa shape index (κ1) is 13.6. The fraction of sp³-hybridized carbons (Fsp3) is 0.750. The molecule has 92 valence electrons. The molecule has 0 saturated heterocycles. The molecular formula is C12H22N2OS. The molecule has 16 heavy (non-hydrogen) atoms. The molecule has 1 aromatic rings. The average molecular weight is 242 g/mol. The monoisotopic (exact) mass is 242 g/mol. The molecule has 1 atom stereocenters. The van der Waals surface area contributed by atoms with E-state index in [4.69, 9.17) is 4.42 Å². The molecule has 0 aliphatic carbocycles. The van der Waals surface area contributed by atoms with Gasteiger partial charge in [-0.15, -0.1) is 0 Å². The number of hydrogen-bond donors (Lipinski definition) is 1. The second-order valence-corrected chi connectivity index (χ2v) is 5.05. The van der Waals surface area contributed by atoms with Crippen molar-refractivity contribution < 1.29 is 4.42 Å². The molecule has 1 rings (SSSR count). The van der Waals surface area contributed by atoms with Gasteiger partial charge in [-0.2, -0.15) is 0 Å². The lowest BCUT2D eigenvalue weighted by Gasteiger charge is -2.12. The van der Waals surface area contributed by atoms with Gasteiger partial charge in [0.2, 0.25) is 0 Å². The Bertz CT molecular complexity index is 288. The molecule has 0 amide bonds. The Morgan fingerprint density at radius 2 is 2.19 bits per heavy atom. The number of aryl methyl sites for hydroxylation is 2. The van der Waals surface area contributed by atoms with Gasteiger partial charge in [-0.3, -0.25) is 0 Å². The van der Waals surface area contributed by atoms with E-state index in [0.717, 1.165) is 22.4 Å². The SMILES string of the molecule is CCC(CCCSc1nc(C)c(C)o1)NC. The highest BCUT2D eigenvalue weighted by atomic mass is 32.2. The van der Waals surface area contributed by atoms with Crippen molar-refractivity contribution in [1.82, 2.24) is 10.3 Å². The summed E-state index contributed by atoms with van der Waals surface area (Å²) in [6.07, 6.45) is 3.61. The first-order valence-electron chi connectivity index (χ1n) is 5.91. The van der Waals surface area contributed by atoms with E-state index in [1.54, 1.807) is 11.8 Å². The smallest absolute Gasteiger partial charge is 0.256 e. The van der Waals surface area contributed by atoms with Crippen molar-refractivity contribution in [3.8, 4) is 0 Å². The third-order valence-electron chi connectivity index (χ3n) is 2.83. The Morgan fingerprint density at radius 3 is 2.69 bits per heavy atom. The van der Waals surface area contributed by atoms with Crippen molar-refractivity contribution in [3.05, 3.63) is 11.5 Å². The highest BCUT2D eigenvalue weighted by molar-refractivity contribution is 7.99. The lowest BCUT2D eigenvalue weighted by molar-refractivity contribution is 0.430. The number of oxazole rings is 1. The molecule has 0 aliphatic rings. The largest absolute Gasteiger partial charge is 0.437 e. The number of nitrogens with one attached hydrogen (secondary N) is 1. The zero-order valence-corrected chi connectivity index (χ0v) is 11.5. The molecule has 0 bridgehead atoms. The van der Waals surface area contributed by atoms with Crippen LogP contribution in [0.5, 0.6) is 0 Å². The van der Waals surface area contributed by atoms with Crippen LogP contribution >= 0.6 is 11.8 Å². The maximum absolute atomic E-state index is 5.51. The van der Waals surface area contributed by atoms with Gasteiger partial charge in [0.05, 0.1) is 5.69 Å². The van der Waals surface area contributed by atoms with Crippen molar-refractivity contribution in [1.29, 1.82) is 0 Å². The molecule has 1 unspecified atom stereocenters. The molecule has 1 N–H and O–H groups in total. The molecule has 3 nitrogen and oxygen atoms in total. The summed E-state index contributed by atoms with van der Waals surface area (Å²) in [6.45, 7) is 6.16. The minimum atomic E-state index is 0.647. The average Bonchev–Trinajstić information content (AvgIpc) is 2.59. The van der Waals surface area contributed by atoms with Crippen molar-refractivity contribution in [2.75, 3.05) is 12.8 Å². The van der Waals surface area contributed by atoms with E-state index in [-0.39, 0.29) is 0 Å². The first-order valence-corrected chi connectivity index (χ1v) is 6.90. The Labute approximate surface area is 102 Å². The van der Waals surface area contributed by atoms with Crippen LogP contribution in [0.1, 0.15) is 37.6 Å². The van der Waals surface area contributed by atoms with Crippen LogP contribution in [0.3, 0.4) is 0 Å². The molecule has 1 heterocycles. The predicted molar refractivity (Wildman–Crippen MR) is 69.1 cm³/mol. The molecule has 0 spiro atoms. The number of thioether (sulfide) groups is 1. The van der Waals surface area contributed by atoms with Crippen LogP contribution < -0.4 is 5.32 Å². The van der Waals surface area contributed by atoms with Gasteiger partial charge in [0.25, 0.3) is 5.22 Å². The quantitative estimate of drug-likeness (QED) is 0.589. The van der Waals surface area contributed by atoms with Gasteiger partial charge in [0.15, 0.2) is 0 Å². The summed E-state index contributed by atoms with van der Waals surface area (Å²) >= 11 is 1.71. The summed E-state index contributed by atoms with van der Waals surface area (Å²) in [7, 11) is 2.03. The van der Waals surface area contributed by atoms with Gasteiger partial charge >= 0.3 is 0 Å². The van der Waals surface area contributed by atoms with Crippen LogP contribution in [0, 0.1) is 13.8 Å². The van der Waals surface area contributed by atoms with Crippen LogP contribution in [0.15, 0.2) is 9.64 Å². The topological polar surface area (TPSA) is 38.1 Å². The van der Waals surface area contributed by atoms with Crippen molar-refractivity contribution >= 4 is 11.8 Å². The summed E-state index contributed by atoms with van der Waals surface area (Å²) in [4.78, 5) is 4.35. The zero-order chi connectivity index (χ0) is 12.0. The first-order chi connectivity index (χ1) is 7.67. The second-order valence-electron chi connectivity index (χ2n) is 4.01. The number of nitrogens with zero attached hydrogens (tertiary/aromatic N) is 1.